The van der Waals surface area contributed by atoms with Crippen molar-refractivity contribution in [3.05, 3.63) is 0 Å². The maximum absolute atomic E-state index is 11.9. The molecule has 0 aliphatic heterocycles. The number of carbonyl (C=O) groups is 2. The molecule has 2 unspecified atom stereocenters. The van der Waals surface area contributed by atoms with Crippen molar-refractivity contribution in [1.29, 1.82) is 0 Å². The van der Waals surface area contributed by atoms with Gasteiger partial charge in [0.1, 0.15) is 0 Å². The summed E-state index contributed by atoms with van der Waals surface area (Å²) in [4.78, 5) is 22.6. The molecule has 0 bridgehead atoms. The van der Waals surface area contributed by atoms with Crippen molar-refractivity contribution in [2.45, 2.75) is 71.3 Å². The Bertz CT molecular complexity index is 276. The van der Waals surface area contributed by atoms with Crippen LogP contribution in [0.3, 0.4) is 0 Å². The number of amides is 1. The van der Waals surface area contributed by atoms with Crippen molar-refractivity contribution in [2.75, 3.05) is 6.54 Å². The van der Waals surface area contributed by atoms with Crippen LogP contribution in [0.2, 0.25) is 0 Å². The van der Waals surface area contributed by atoms with Crippen LogP contribution < -0.4 is 11.1 Å². The maximum atomic E-state index is 11.9. The van der Waals surface area contributed by atoms with Crippen LogP contribution in [-0.4, -0.2) is 29.6 Å². The van der Waals surface area contributed by atoms with Gasteiger partial charge in [0.05, 0.1) is 6.42 Å². The minimum absolute atomic E-state index is 0.000762. The third kappa shape index (κ3) is 9.78. The van der Waals surface area contributed by atoms with E-state index in [0.717, 1.165) is 32.1 Å². The zero-order valence-corrected chi connectivity index (χ0v) is 12.9. The van der Waals surface area contributed by atoms with E-state index in [4.69, 9.17) is 10.8 Å². The highest BCUT2D eigenvalue weighted by molar-refractivity contribution is 5.77. The number of carbonyl (C=O) groups excluding carboxylic acids is 1. The van der Waals surface area contributed by atoms with E-state index in [9.17, 15) is 9.59 Å². The Kier molecular flexibility index (Phi) is 11.1. The summed E-state index contributed by atoms with van der Waals surface area (Å²) in [6.07, 6.45) is 6.02. The van der Waals surface area contributed by atoms with Gasteiger partial charge in [-0.2, -0.15) is 0 Å². The Morgan fingerprint density at radius 3 is 2.25 bits per heavy atom. The van der Waals surface area contributed by atoms with Crippen molar-refractivity contribution in [3.8, 4) is 0 Å². The lowest BCUT2D eigenvalue weighted by molar-refractivity contribution is -0.137. The van der Waals surface area contributed by atoms with Crippen LogP contribution in [0, 0.1) is 5.92 Å². The van der Waals surface area contributed by atoms with E-state index in [1.54, 1.807) is 0 Å². The molecule has 0 aliphatic carbocycles. The Hall–Kier alpha value is -1.10. The first-order valence-electron chi connectivity index (χ1n) is 7.74. The number of nitrogens with one attached hydrogen (secondary N) is 1. The van der Waals surface area contributed by atoms with Crippen LogP contribution in [0.4, 0.5) is 0 Å². The smallest absolute Gasteiger partial charge is 0.305 e. The van der Waals surface area contributed by atoms with Crippen LogP contribution in [0.25, 0.3) is 0 Å². The lowest BCUT2D eigenvalue weighted by Gasteiger charge is -2.18. The Balaban J connectivity index is 4.12. The van der Waals surface area contributed by atoms with E-state index in [1.165, 1.54) is 0 Å². The highest BCUT2D eigenvalue weighted by Gasteiger charge is 2.16. The predicted octanol–water partition coefficient (Wildman–Crippen LogP) is 2.29. The third-order valence-corrected chi connectivity index (χ3v) is 3.47. The van der Waals surface area contributed by atoms with Gasteiger partial charge in [0.15, 0.2) is 0 Å². The monoisotopic (exact) mass is 286 g/mol. The largest absolute Gasteiger partial charge is 0.481 e. The molecule has 118 valence electrons. The second-order valence-electron chi connectivity index (χ2n) is 5.42. The lowest BCUT2D eigenvalue weighted by Crippen LogP contribution is -2.36. The van der Waals surface area contributed by atoms with Crippen LogP contribution >= 0.6 is 0 Å². The average molecular weight is 286 g/mol. The van der Waals surface area contributed by atoms with Crippen LogP contribution in [-0.2, 0) is 9.59 Å². The van der Waals surface area contributed by atoms with Crippen molar-refractivity contribution < 1.29 is 14.7 Å². The second kappa shape index (κ2) is 11.7. The van der Waals surface area contributed by atoms with E-state index in [0.29, 0.717) is 25.3 Å². The standard InChI is InChI=1S/C15H30N2O3/c1-3-5-12(9-10-16)7-8-14(18)17-13(6-4-2)11-15(19)20/h12-13H,3-11,16H2,1-2H3,(H,17,18)(H,19,20). The molecule has 0 aliphatic rings. The van der Waals surface area contributed by atoms with Gasteiger partial charge >= 0.3 is 5.97 Å². The number of carboxylic acid groups (broad SMARTS) is 1. The third-order valence-electron chi connectivity index (χ3n) is 3.47. The molecule has 0 radical (unpaired) electrons. The minimum Gasteiger partial charge on any atom is -0.481 e. The van der Waals surface area contributed by atoms with Crippen molar-refractivity contribution in [1.82, 2.24) is 5.32 Å². The fourth-order valence-electron chi connectivity index (χ4n) is 2.50. The molecule has 0 aromatic heterocycles. The molecule has 0 spiro atoms. The van der Waals surface area contributed by atoms with E-state index in [1.807, 2.05) is 6.92 Å². The molecule has 1 amide bonds. The summed E-state index contributed by atoms with van der Waals surface area (Å²) in [5, 5.41) is 11.7. The first-order valence-corrected chi connectivity index (χ1v) is 7.74. The minimum atomic E-state index is -0.865. The van der Waals surface area contributed by atoms with Gasteiger partial charge in [0.2, 0.25) is 5.91 Å². The maximum Gasteiger partial charge on any atom is 0.305 e. The van der Waals surface area contributed by atoms with Gasteiger partial charge in [-0.3, -0.25) is 9.59 Å². The molecular weight excluding hydrogens is 256 g/mol. The molecule has 2 atom stereocenters. The summed E-state index contributed by atoms with van der Waals surface area (Å²) in [6.45, 7) is 4.77. The summed E-state index contributed by atoms with van der Waals surface area (Å²) < 4.78 is 0. The molecular formula is C15H30N2O3. The molecule has 0 saturated carbocycles. The number of rotatable bonds is 12. The molecule has 0 aromatic rings. The predicted molar refractivity (Wildman–Crippen MR) is 80.4 cm³/mol. The molecule has 0 saturated heterocycles. The Morgan fingerprint density at radius 2 is 1.75 bits per heavy atom. The van der Waals surface area contributed by atoms with Gasteiger partial charge in [-0.15, -0.1) is 0 Å². The highest BCUT2D eigenvalue weighted by atomic mass is 16.4. The second-order valence-corrected chi connectivity index (χ2v) is 5.42. The highest BCUT2D eigenvalue weighted by Crippen LogP contribution is 2.17. The molecule has 0 rings (SSSR count). The van der Waals surface area contributed by atoms with Gasteiger partial charge in [-0.1, -0.05) is 33.1 Å². The average Bonchev–Trinajstić information content (AvgIpc) is 2.36. The number of hydrogen-bond acceptors (Lipinski definition) is 3. The number of carboxylic acids is 1. The molecule has 0 heterocycles. The van der Waals surface area contributed by atoms with Gasteiger partial charge in [-0.25, -0.2) is 0 Å². The van der Waals surface area contributed by atoms with E-state index in [-0.39, 0.29) is 18.4 Å². The van der Waals surface area contributed by atoms with Gasteiger partial charge in [0, 0.05) is 12.5 Å². The Morgan fingerprint density at radius 1 is 1.10 bits per heavy atom. The first-order chi connectivity index (χ1) is 9.53. The molecule has 20 heavy (non-hydrogen) atoms. The molecule has 5 heteroatoms. The summed E-state index contributed by atoms with van der Waals surface area (Å²) in [5.74, 6) is -0.404. The molecule has 0 aromatic carbocycles. The quantitative estimate of drug-likeness (QED) is 0.513. The van der Waals surface area contributed by atoms with Crippen LogP contribution in [0.1, 0.15) is 65.2 Å². The fourth-order valence-corrected chi connectivity index (χ4v) is 2.50. The van der Waals surface area contributed by atoms with Crippen molar-refractivity contribution >= 4 is 11.9 Å². The van der Waals surface area contributed by atoms with E-state index in [2.05, 4.69) is 12.2 Å². The summed E-state index contributed by atoms with van der Waals surface area (Å²) in [7, 11) is 0. The van der Waals surface area contributed by atoms with Crippen LogP contribution in [0.5, 0.6) is 0 Å². The first kappa shape index (κ1) is 18.9. The summed E-state index contributed by atoms with van der Waals surface area (Å²) in [6, 6.07) is -0.246. The van der Waals surface area contributed by atoms with Gasteiger partial charge < -0.3 is 16.2 Å². The van der Waals surface area contributed by atoms with E-state index >= 15 is 0 Å². The SMILES string of the molecule is CCCC(CCN)CCC(=O)NC(CCC)CC(=O)O. The van der Waals surface area contributed by atoms with Gasteiger partial charge in [0.25, 0.3) is 0 Å². The molecule has 4 N–H and O–H groups in total. The van der Waals surface area contributed by atoms with Crippen molar-refractivity contribution in [3.63, 3.8) is 0 Å². The molecule has 0 fully saturated rings. The topological polar surface area (TPSA) is 92.4 Å². The van der Waals surface area contributed by atoms with Gasteiger partial charge in [-0.05, 0) is 31.7 Å². The summed E-state index contributed by atoms with van der Waals surface area (Å²) in [5.41, 5.74) is 5.58. The summed E-state index contributed by atoms with van der Waals surface area (Å²) >= 11 is 0. The van der Waals surface area contributed by atoms with Crippen molar-refractivity contribution in [2.24, 2.45) is 11.7 Å². The zero-order chi connectivity index (χ0) is 15.4. The lowest BCUT2D eigenvalue weighted by atomic mass is 9.94. The zero-order valence-electron chi connectivity index (χ0n) is 12.9. The number of aliphatic carboxylic acids is 1. The van der Waals surface area contributed by atoms with E-state index < -0.39 is 5.97 Å². The normalized spacial score (nSPS) is 13.8. The number of hydrogen-bond donors (Lipinski definition) is 3. The van der Waals surface area contributed by atoms with Crippen LogP contribution in [0.15, 0.2) is 0 Å². The Labute approximate surface area is 122 Å². The molecule has 5 nitrogen and oxygen atoms in total. The fraction of sp³-hybridized carbons (Fsp3) is 0.867. The number of nitrogens with two attached hydrogens (primary N) is 1.